The Bertz CT molecular complexity index is 824. The van der Waals surface area contributed by atoms with Crippen LogP contribution in [0.2, 0.25) is 0 Å². The molecule has 110 valence electrons. The van der Waals surface area contributed by atoms with Crippen molar-refractivity contribution in [2.24, 2.45) is 0 Å². The largest absolute Gasteiger partial charge is 0.377 e. The maximum Gasteiger partial charge on any atom is 0.178 e. The molecular weight excluding hydrogens is 288 g/mol. The lowest BCUT2D eigenvalue weighted by Gasteiger charge is -2.38. The van der Waals surface area contributed by atoms with Gasteiger partial charge in [0.05, 0.1) is 0 Å². The van der Waals surface area contributed by atoms with Crippen molar-refractivity contribution in [2.45, 2.75) is 11.6 Å². The Hall–Kier alpha value is -2.60. The summed E-state index contributed by atoms with van der Waals surface area (Å²) in [7, 11) is 0. The number of rotatable bonds is 3. The first kappa shape index (κ1) is 13.1. The molecule has 2 aliphatic heterocycles. The molecule has 4 nitrogen and oxygen atoms in total. The molecule has 1 N–H and O–H groups in total. The highest BCUT2D eigenvalue weighted by Gasteiger charge is 2.50. The van der Waals surface area contributed by atoms with Gasteiger partial charge in [0.2, 0.25) is 0 Å². The van der Waals surface area contributed by atoms with Crippen LogP contribution in [0.5, 0.6) is 0 Å². The standard InChI is InChI=1S/C16H11F2N3O/c17-11-6-7-12(13(18)8-11)16(22,10-4-2-1-3-5-10)14-15-19-9-21(14)20-15/h1-9,14,22H. The van der Waals surface area contributed by atoms with E-state index in [9.17, 15) is 13.9 Å². The van der Waals surface area contributed by atoms with Gasteiger partial charge in [-0.3, -0.25) is 0 Å². The van der Waals surface area contributed by atoms with Crippen LogP contribution in [-0.2, 0) is 5.60 Å². The summed E-state index contributed by atoms with van der Waals surface area (Å²) in [5.41, 5.74) is -1.21. The fourth-order valence-corrected chi connectivity index (χ4v) is 2.93. The van der Waals surface area contributed by atoms with Gasteiger partial charge in [0, 0.05) is 11.6 Å². The van der Waals surface area contributed by atoms with Crippen molar-refractivity contribution in [3.8, 4) is 0 Å². The average molecular weight is 299 g/mol. The maximum atomic E-state index is 14.3. The molecule has 1 aromatic heterocycles. The second-order valence-corrected chi connectivity index (χ2v) is 5.24. The van der Waals surface area contributed by atoms with E-state index in [1.165, 1.54) is 17.1 Å². The minimum atomic E-state index is -1.70. The zero-order chi connectivity index (χ0) is 15.3. The van der Waals surface area contributed by atoms with Gasteiger partial charge in [-0.15, -0.1) is 0 Å². The van der Waals surface area contributed by atoms with Gasteiger partial charge in [-0.1, -0.05) is 30.3 Å². The van der Waals surface area contributed by atoms with E-state index in [4.69, 9.17) is 0 Å². The van der Waals surface area contributed by atoms with Crippen molar-refractivity contribution in [2.75, 3.05) is 0 Å². The summed E-state index contributed by atoms with van der Waals surface area (Å²) in [5, 5.41) is 15.4. The number of nitrogens with zero attached hydrogens (tertiary/aromatic N) is 3. The highest BCUT2D eigenvalue weighted by molar-refractivity contribution is 5.41. The predicted molar refractivity (Wildman–Crippen MR) is 74.0 cm³/mol. The molecule has 2 unspecified atom stereocenters. The normalized spacial score (nSPS) is 18.6. The molecule has 0 saturated heterocycles. The molecule has 6 heteroatoms. The number of benzene rings is 2. The fourth-order valence-electron chi connectivity index (χ4n) is 2.93. The first-order chi connectivity index (χ1) is 10.6. The van der Waals surface area contributed by atoms with Crippen LogP contribution in [-0.4, -0.2) is 19.9 Å². The Kier molecular flexibility index (Phi) is 2.65. The van der Waals surface area contributed by atoms with Gasteiger partial charge in [0.15, 0.2) is 11.9 Å². The van der Waals surface area contributed by atoms with Crippen molar-refractivity contribution in [3.05, 3.63) is 83.4 Å². The van der Waals surface area contributed by atoms with E-state index in [2.05, 4.69) is 10.1 Å². The van der Waals surface area contributed by atoms with E-state index in [1.807, 2.05) is 0 Å². The third-order valence-corrected chi connectivity index (χ3v) is 3.99. The minimum absolute atomic E-state index is 0.00648. The molecule has 0 amide bonds. The summed E-state index contributed by atoms with van der Waals surface area (Å²) in [5.74, 6) is -1.07. The summed E-state index contributed by atoms with van der Waals surface area (Å²) < 4.78 is 29.0. The Morgan fingerprint density at radius 2 is 1.86 bits per heavy atom. The molecule has 22 heavy (non-hydrogen) atoms. The van der Waals surface area contributed by atoms with E-state index in [0.29, 0.717) is 11.4 Å². The third kappa shape index (κ3) is 1.64. The van der Waals surface area contributed by atoms with E-state index in [1.54, 1.807) is 30.3 Å². The van der Waals surface area contributed by atoms with Crippen molar-refractivity contribution in [3.63, 3.8) is 0 Å². The van der Waals surface area contributed by atoms with Gasteiger partial charge < -0.3 is 5.11 Å². The van der Waals surface area contributed by atoms with Gasteiger partial charge >= 0.3 is 0 Å². The van der Waals surface area contributed by atoms with Crippen LogP contribution < -0.4 is 0 Å². The van der Waals surface area contributed by atoms with Crippen LogP contribution in [0.3, 0.4) is 0 Å². The van der Waals surface area contributed by atoms with E-state index >= 15 is 0 Å². The highest BCUT2D eigenvalue weighted by Crippen LogP contribution is 2.46. The zero-order valence-electron chi connectivity index (χ0n) is 11.3. The first-order valence-electron chi connectivity index (χ1n) is 6.75. The van der Waals surface area contributed by atoms with E-state index < -0.39 is 23.3 Å². The van der Waals surface area contributed by atoms with Crippen LogP contribution in [0.4, 0.5) is 8.78 Å². The number of hydrogen-bond acceptors (Lipinski definition) is 3. The van der Waals surface area contributed by atoms with Crippen LogP contribution in [0.25, 0.3) is 0 Å². The summed E-state index contributed by atoms with van der Waals surface area (Å²) in [6.07, 6.45) is 1.48. The second kappa shape index (κ2) is 4.45. The van der Waals surface area contributed by atoms with Crippen LogP contribution in [0.1, 0.15) is 23.0 Å². The molecular formula is C16H11F2N3O. The Morgan fingerprint density at radius 1 is 1.09 bits per heavy atom. The summed E-state index contributed by atoms with van der Waals surface area (Å²) >= 11 is 0. The van der Waals surface area contributed by atoms with E-state index in [-0.39, 0.29) is 5.56 Å². The van der Waals surface area contributed by atoms with Crippen molar-refractivity contribution in [1.82, 2.24) is 14.8 Å². The first-order valence-corrected chi connectivity index (χ1v) is 6.75. The predicted octanol–water partition coefficient (Wildman–Crippen LogP) is 2.40. The average Bonchev–Trinajstić information content (AvgIpc) is 3.12. The molecule has 0 saturated carbocycles. The van der Waals surface area contributed by atoms with Gasteiger partial charge in [0.1, 0.15) is 23.6 Å². The van der Waals surface area contributed by atoms with Crippen molar-refractivity contribution >= 4 is 0 Å². The fraction of sp³-hybridized carbons (Fsp3) is 0.125. The molecule has 0 aliphatic carbocycles. The number of aromatic nitrogens is 3. The number of halogens is 2. The quantitative estimate of drug-likeness (QED) is 0.808. The monoisotopic (exact) mass is 299 g/mol. The van der Waals surface area contributed by atoms with Crippen molar-refractivity contribution in [1.29, 1.82) is 0 Å². The molecule has 2 aliphatic rings. The molecule has 0 spiro atoms. The molecule has 2 atom stereocenters. The van der Waals surface area contributed by atoms with Gasteiger partial charge in [0.25, 0.3) is 0 Å². The lowest BCUT2D eigenvalue weighted by Crippen LogP contribution is -2.43. The Labute approximate surface area is 124 Å². The summed E-state index contributed by atoms with van der Waals surface area (Å²) in [6, 6.07) is 11.2. The number of fused-ring (bicyclic) bond motifs is 1. The van der Waals surface area contributed by atoms with Crippen molar-refractivity contribution < 1.29 is 13.9 Å². The third-order valence-electron chi connectivity index (χ3n) is 3.99. The highest BCUT2D eigenvalue weighted by atomic mass is 19.1. The smallest absolute Gasteiger partial charge is 0.178 e. The summed E-state index contributed by atoms with van der Waals surface area (Å²) in [4.78, 5) is 4.05. The molecule has 2 bridgehead atoms. The second-order valence-electron chi connectivity index (χ2n) is 5.24. The molecule has 0 radical (unpaired) electrons. The van der Waals surface area contributed by atoms with Crippen LogP contribution in [0, 0.1) is 11.6 Å². The lowest BCUT2D eigenvalue weighted by atomic mass is 9.79. The summed E-state index contributed by atoms with van der Waals surface area (Å²) in [6.45, 7) is 0. The zero-order valence-corrected chi connectivity index (χ0v) is 11.3. The van der Waals surface area contributed by atoms with E-state index in [0.717, 1.165) is 12.1 Å². The van der Waals surface area contributed by atoms with Crippen LogP contribution >= 0.6 is 0 Å². The Morgan fingerprint density at radius 3 is 2.45 bits per heavy atom. The van der Waals surface area contributed by atoms with Gasteiger partial charge in [-0.2, -0.15) is 5.10 Å². The maximum absolute atomic E-state index is 14.3. The number of aliphatic hydroxyl groups is 1. The molecule has 3 heterocycles. The number of hydrogen-bond donors (Lipinski definition) is 1. The minimum Gasteiger partial charge on any atom is -0.377 e. The SMILES string of the molecule is OC(c1ccccc1)(c1ccc(F)cc1F)C1c2ncn1n2. The van der Waals surface area contributed by atoms with Crippen LogP contribution in [0.15, 0.2) is 54.9 Å². The van der Waals surface area contributed by atoms with Gasteiger partial charge in [-0.25, -0.2) is 18.4 Å². The molecule has 0 fully saturated rings. The molecule has 3 aromatic rings. The lowest BCUT2D eigenvalue weighted by molar-refractivity contribution is 0.0157. The Balaban J connectivity index is 1.94. The van der Waals surface area contributed by atoms with Gasteiger partial charge in [-0.05, 0) is 17.7 Å². The molecule has 5 rings (SSSR count). The topological polar surface area (TPSA) is 50.9 Å². The molecule has 2 aromatic carbocycles.